The van der Waals surface area contributed by atoms with Gasteiger partial charge in [0.25, 0.3) is 0 Å². The maximum absolute atomic E-state index is 4.50. The van der Waals surface area contributed by atoms with Crippen molar-refractivity contribution in [3.8, 4) is 0 Å². The zero-order valence-electron chi connectivity index (χ0n) is 10.8. The molecule has 3 heteroatoms. The second-order valence-corrected chi connectivity index (χ2v) is 4.83. The van der Waals surface area contributed by atoms with Gasteiger partial charge in [-0.25, -0.2) is 4.98 Å². The molecular formula is C15H19N3. The largest absolute Gasteiger partial charge is 0.384 e. The first kappa shape index (κ1) is 11.3. The normalized spacial score (nSPS) is 13.4. The molecule has 0 atom stereocenters. The molecule has 0 spiro atoms. The summed E-state index contributed by atoms with van der Waals surface area (Å²) in [5.74, 6) is 1.18. The molecule has 18 heavy (non-hydrogen) atoms. The second-order valence-electron chi connectivity index (χ2n) is 4.83. The first-order valence-electron chi connectivity index (χ1n) is 6.73. The van der Waals surface area contributed by atoms with E-state index in [1.807, 2.05) is 6.20 Å². The van der Waals surface area contributed by atoms with Gasteiger partial charge >= 0.3 is 0 Å². The van der Waals surface area contributed by atoms with Gasteiger partial charge in [-0.2, -0.15) is 0 Å². The number of nitrogens with one attached hydrogen (secondary N) is 1. The summed E-state index contributed by atoms with van der Waals surface area (Å²) in [6.07, 6.45) is 7.22. The Morgan fingerprint density at radius 1 is 1.39 bits per heavy atom. The molecule has 3 nitrogen and oxygen atoms in total. The van der Waals surface area contributed by atoms with Gasteiger partial charge < -0.3 is 9.88 Å². The number of nitrogens with zero attached hydrogens (tertiary/aromatic N) is 2. The van der Waals surface area contributed by atoms with Crippen LogP contribution in [-0.4, -0.2) is 16.1 Å². The van der Waals surface area contributed by atoms with E-state index in [0.29, 0.717) is 0 Å². The van der Waals surface area contributed by atoms with Gasteiger partial charge in [-0.15, -0.1) is 0 Å². The maximum atomic E-state index is 4.50. The van der Waals surface area contributed by atoms with Crippen LogP contribution in [0.1, 0.15) is 30.3 Å². The second kappa shape index (κ2) is 4.84. The molecule has 1 aromatic carbocycles. The van der Waals surface area contributed by atoms with Gasteiger partial charge in [0.1, 0.15) is 5.82 Å². The fourth-order valence-corrected chi connectivity index (χ4v) is 2.71. The van der Waals surface area contributed by atoms with Gasteiger partial charge in [-0.1, -0.05) is 19.1 Å². The lowest BCUT2D eigenvalue weighted by atomic mass is 10.0. The average molecular weight is 241 g/mol. The van der Waals surface area contributed by atoms with Crippen molar-refractivity contribution in [3.63, 3.8) is 0 Å². The Hall–Kier alpha value is -1.77. The van der Waals surface area contributed by atoms with Crippen LogP contribution in [-0.2, 0) is 19.4 Å². The van der Waals surface area contributed by atoms with Crippen molar-refractivity contribution in [1.29, 1.82) is 0 Å². The van der Waals surface area contributed by atoms with E-state index in [1.54, 1.807) is 0 Å². The minimum Gasteiger partial charge on any atom is -0.384 e. The lowest BCUT2D eigenvalue weighted by Gasteiger charge is -2.09. The van der Waals surface area contributed by atoms with Gasteiger partial charge in [0, 0.05) is 37.6 Å². The summed E-state index contributed by atoms with van der Waals surface area (Å²) in [6, 6.07) is 6.54. The number of anilines is 1. The third kappa shape index (κ3) is 2.01. The van der Waals surface area contributed by atoms with Crippen LogP contribution in [0.15, 0.2) is 30.6 Å². The van der Waals surface area contributed by atoms with Crippen LogP contribution in [0.2, 0.25) is 0 Å². The first-order valence-corrected chi connectivity index (χ1v) is 6.73. The maximum Gasteiger partial charge on any atom is 0.113 e. The van der Waals surface area contributed by atoms with Crippen LogP contribution >= 0.6 is 0 Å². The van der Waals surface area contributed by atoms with E-state index in [2.05, 4.69) is 46.2 Å². The van der Waals surface area contributed by atoms with Crippen LogP contribution in [0.5, 0.6) is 0 Å². The summed E-state index contributed by atoms with van der Waals surface area (Å²) in [4.78, 5) is 4.50. The predicted molar refractivity (Wildman–Crippen MR) is 74.0 cm³/mol. The van der Waals surface area contributed by atoms with E-state index in [-0.39, 0.29) is 0 Å². The van der Waals surface area contributed by atoms with Gasteiger partial charge in [0.15, 0.2) is 0 Å². The molecule has 3 rings (SSSR count). The minimum atomic E-state index is 0.942. The third-order valence-electron chi connectivity index (χ3n) is 3.58. The molecule has 0 bridgehead atoms. The number of hydrogen-bond acceptors (Lipinski definition) is 2. The number of benzene rings is 1. The molecule has 2 aromatic rings. The number of fused-ring (bicyclic) bond motifs is 1. The zero-order chi connectivity index (χ0) is 12.4. The Labute approximate surface area is 108 Å². The average Bonchev–Trinajstić information content (AvgIpc) is 3.00. The van der Waals surface area contributed by atoms with Crippen LogP contribution in [0.3, 0.4) is 0 Å². The summed E-state index contributed by atoms with van der Waals surface area (Å²) < 4.78 is 2.27. The van der Waals surface area contributed by atoms with Crippen LogP contribution in [0.25, 0.3) is 0 Å². The lowest BCUT2D eigenvalue weighted by Crippen LogP contribution is -2.04. The van der Waals surface area contributed by atoms with E-state index in [4.69, 9.17) is 0 Å². The summed E-state index contributed by atoms with van der Waals surface area (Å²) in [6.45, 7) is 4.33. The Kier molecular flexibility index (Phi) is 3.05. The van der Waals surface area contributed by atoms with Crippen LogP contribution in [0, 0.1) is 0 Å². The van der Waals surface area contributed by atoms with Crippen molar-refractivity contribution < 1.29 is 0 Å². The molecule has 0 radical (unpaired) electrons. The Morgan fingerprint density at radius 2 is 2.33 bits per heavy atom. The number of imidazole rings is 1. The molecule has 2 heterocycles. The Bertz CT molecular complexity index is 542. The van der Waals surface area contributed by atoms with E-state index in [1.165, 1.54) is 22.6 Å². The van der Waals surface area contributed by atoms with E-state index >= 15 is 0 Å². The van der Waals surface area contributed by atoms with E-state index in [0.717, 1.165) is 32.4 Å². The predicted octanol–water partition coefficient (Wildman–Crippen LogP) is 2.85. The molecule has 1 aromatic heterocycles. The molecule has 1 aliphatic heterocycles. The molecule has 0 saturated carbocycles. The lowest BCUT2D eigenvalue weighted by molar-refractivity contribution is 0.646. The number of rotatable bonds is 4. The highest BCUT2D eigenvalue weighted by molar-refractivity contribution is 5.58. The summed E-state index contributed by atoms with van der Waals surface area (Å²) in [5, 5.41) is 3.43. The van der Waals surface area contributed by atoms with Gasteiger partial charge in [0.05, 0.1) is 0 Å². The van der Waals surface area contributed by atoms with Crippen LogP contribution in [0.4, 0.5) is 5.69 Å². The smallest absolute Gasteiger partial charge is 0.113 e. The highest BCUT2D eigenvalue weighted by Crippen LogP contribution is 2.26. The number of hydrogen-bond donors (Lipinski definition) is 1. The van der Waals surface area contributed by atoms with Crippen molar-refractivity contribution in [2.45, 2.75) is 32.7 Å². The Morgan fingerprint density at radius 3 is 3.22 bits per heavy atom. The highest BCUT2D eigenvalue weighted by Gasteiger charge is 2.15. The highest BCUT2D eigenvalue weighted by atomic mass is 15.1. The molecule has 1 aliphatic rings. The quantitative estimate of drug-likeness (QED) is 0.892. The molecule has 0 fully saturated rings. The van der Waals surface area contributed by atoms with Crippen molar-refractivity contribution >= 4 is 5.69 Å². The Balaban J connectivity index is 1.88. The summed E-state index contributed by atoms with van der Waals surface area (Å²) >= 11 is 0. The number of aromatic nitrogens is 2. The third-order valence-corrected chi connectivity index (χ3v) is 3.58. The SMILES string of the molecule is CCCn1ccnc1Cc1cccc2c1CCN2. The monoisotopic (exact) mass is 241 g/mol. The molecule has 0 saturated heterocycles. The van der Waals surface area contributed by atoms with Gasteiger partial charge in [-0.3, -0.25) is 0 Å². The van der Waals surface area contributed by atoms with Crippen molar-refractivity contribution in [1.82, 2.24) is 9.55 Å². The zero-order valence-corrected chi connectivity index (χ0v) is 10.8. The molecule has 0 aliphatic carbocycles. The molecule has 0 unspecified atom stereocenters. The van der Waals surface area contributed by atoms with Crippen molar-refractivity contribution in [2.24, 2.45) is 0 Å². The summed E-state index contributed by atoms with van der Waals surface area (Å²) in [5.41, 5.74) is 4.20. The van der Waals surface area contributed by atoms with Gasteiger partial charge in [0.2, 0.25) is 0 Å². The first-order chi connectivity index (χ1) is 8.88. The van der Waals surface area contributed by atoms with Crippen molar-refractivity contribution in [3.05, 3.63) is 47.5 Å². The number of aryl methyl sites for hydroxylation is 1. The minimum absolute atomic E-state index is 0.942. The fraction of sp³-hybridized carbons (Fsp3) is 0.400. The summed E-state index contributed by atoms with van der Waals surface area (Å²) in [7, 11) is 0. The topological polar surface area (TPSA) is 29.9 Å². The van der Waals surface area contributed by atoms with E-state index in [9.17, 15) is 0 Å². The van der Waals surface area contributed by atoms with Gasteiger partial charge in [-0.05, 0) is 30.0 Å². The van der Waals surface area contributed by atoms with Crippen molar-refractivity contribution in [2.75, 3.05) is 11.9 Å². The van der Waals surface area contributed by atoms with E-state index < -0.39 is 0 Å². The molecule has 94 valence electrons. The molecular weight excluding hydrogens is 222 g/mol. The standard InChI is InChI=1S/C15H19N3/c1-2-9-18-10-8-17-15(18)11-12-4-3-5-14-13(12)6-7-16-14/h3-5,8,10,16H,2,6-7,9,11H2,1H3. The molecule has 0 amide bonds. The molecule has 1 N–H and O–H groups in total. The van der Waals surface area contributed by atoms with Crippen LogP contribution < -0.4 is 5.32 Å². The fourth-order valence-electron chi connectivity index (χ4n) is 2.71.